The second kappa shape index (κ2) is 6.03. The lowest BCUT2D eigenvalue weighted by molar-refractivity contribution is 0.118. The number of rotatable bonds is 1. The van der Waals surface area contributed by atoms with Crippen molar-refractivity contribution >= 4 is 5.84 Å². The van der Waals surface area contributed by atoms with Crippen molar-refractivity contribution in [2.45, 2.75) is 18.4 Å². The number of β-amino-alcohol motifs (C(OH)–C–C–N with tert-alkyl or cyclic N) is 1. The van der Waals surface area contributed by atoms with Gasteiger partial charge in [-0.15, -0.1) is 0 Å². The fourth-order valence-electron chi connectivity index (χ4n) is 3.20. The fourth-order valence-corrected chi connectivity index (χ4v) is 3.20. The number of hydrogen-bond acceptors (Lipinski definition) is 4. The van der Waals surface area contributed by atoms with Crippen LogP contribution in [0.3, 0.4) is 0 Å². The number of likely N-dealkylation sites (N-methyl/N-ethyl adjacent to an activating group) is 1. The minimum atomic E-state index is -0.329. The van der Waals surface area contributed by atoms with Crippen molar-refractivity contribution in [3.05, 3.63) is 29.3 Å². The molecule has 2 N–H and O–H groups in total. The number of benzene rings is 1. The summed E-state index contributed by atoms with van der Waals surface area (Å²) in [6.45, 7) is 3.09. The Morgan fingerprint density at radius 2 is 2.29 bits per heavy atom. The molecule has 0 amide bonds. The molecule has 5 nitrogen and oxygen atoms in total. The van der Waals surface area contributed by atoms with Crippen LogP contribution in [0.25, 0.3) is 0 Å². The van der Waals surface area contributed by atoms with Gasteiger partial charge in [0, 0.05) is 26.6 Å². The summed E-state index contributed by atoms with van der Waals surface area (Å²) in [5.41, 5.74) is 2.19. The number of hydrogen-bond donors (Lipinski definition) is 2. The SMILES string of the molecule is CN=C1c2ccc(C3CCNCC3O)cc2OCCN1C. The van der Waals surface area contributed by atoms with Gasteiger partial charge >= 0.3 is 0 Å². The fraction of sp³-hybridized carbons (Fsp3) is 0.562. The Hall–Kier alpha value is -1.59. The molecule has 2 unspecified atom stereocenters. The van der Waals surface area contributed by atoms with E-state index in [4.69, 9.17) is 4.74 Å². The van der Waals surface area contributed by atoms with E-state index < -0.39 is 0 Å². The van der Waals surface area contributed by atoms with Crippen molar-refractivity contribution in [1.82, 2.24) is 10.2 Å². The van der Waals surface area contributed by atoms with Crippen LogP contribution < -0.4 is 10.1 Å². The van der Waals surface area contributed by atoms with Gasteiger partial charge in [0.05, 0.1) is 18.2 Å². The normalized spacial score (nSPS) is 28.0. The minimum absolute atomic E-state index is 0.183. The van der Waals surface area contributed by atoms with E-state index in [2.05, 4.69) is 33.4 Å². The summed E-state index contributed by atoms with van der Waals surface area (Å²) in [6.07, 6.45) is 0.624. The van der Waals surface area contributed by atoms with E-state index in [1.165, 1.54) is 0 Å². The Morgan fingerprint density at radius 3 is 3.05 bits per heavy atom. The number of ether oxygens (including phenoxy) is 1. The Labute approximate surface area is 125 Å². The van der Waals surface area contributed by atoms with Crippen LogP contribution in [0, 0.1) is 0 Å². The maximum Gasteiger partial charge on any atom is 0.134 e. The van der Waals surface area contributed by atoms with Gasteiger partial charge in [0.1, 0.15) is 18.2 Å². The van der Waals surface area contributed by atoms with E-state index in [9.17, 15) is 5.11 Å². The molecule has 0 spiro atoms. The highest BCUT2D eigenvalue weighted by atomic mass is 16.5. The van der Waals surface area contributed by atoms with E-state index in [0.29, 0.717) is 13.2 Å². The highest BCUT2D eigenvalue weighted by molar-refractivity contribution is 6.01. The summed E-state index contributed by atoms with van der Waals surface area (Å²) in [5.74, 6) is 2.02. The number of fused-ring (bicyclic) bond motifs is 1. The second-order valence-electron chi connectivity index (χ2n) is 5.74. The quantitative estimate of drug-likeness (QED) is 0.804. The van der Waals surface area contributed by atoms with Crippen LogP contribution in [0.1, 0.15) is 23.5 Å². The van der Waals surface area contributed by atoms with Crippen LogP contribution in [-0.4, -0.2) is 62.3 Å². The van der Waals surface area contributed by atoms with Gasteiger partial charge < -0.3 is 20.1 Å². The van der Waals surface area contributed by atoms with Gasteiger partial charge in [-0.1, -0.05) is 6.07 Å². The second-order valence-corrected chi connectivity index (χ2v) is 5.74. The van der Waals surface area contributed by atoms with E-state index in [0.717, 1.165) is 42.2 Å². The number of aliphatic hydroxyl groups excluding tert-OH is 1. The van der Waals surface area contributed by atoms with E-state index in [-0.39, 0.29) is 12.0 Å². The number of nitrogens with zero attached hydrogens (tertiary/aromatic N) is 2. The average Bonchev–Trinajstić information content (AvgIpc) is 2.65. The standard InChI is InChI=1S/C16H23N3O2/c1-17-16-13-4-3-11(12-5-6-18-10-14(12)20)9-15(13)21-8-7-19(16)2/h3-4,9,12,14,18,20H,5-8,10H2,1-2H3. The molecule has 1 aromatic rings. The minimum Gasteiger partial charge on any atom is -0.491 e. The summed E-state index contributed by atoms with van der Waals surface area (Å²) in [7, 11) is 3.84. The maximum absolute atomic E-state index is 10.2. The Balaban J connectivity index is 1.95. The van der Waals surface area contributed by atoms with Gasteiger partial charge in [0.25, 0.3) is 0 Å². The van der Waals surface area contributed by atoms with Crippen molar-refractivity contribution < 1.29 is 9.84 Å². The number of amidine groups is 1. The first kappa shape index (κ1) is 14.4. The monoisotopic (exact) mass is 289 g/mol. The van der Waals surface area contributed by atoms with Crippen LogP contribution in [0.5, 0.6) is 5.75 Å². The van der Waals surface area contributed by atoms with Crippen molar-refractivity contribution in [2.75, 3.05) is 40.3 Å². The van der Waals surface area contributed by atoms with Gasteiger partial charge in [0.2, 0.25) is 0 Å². The third-order valence-electron chi connectivity index (χ3n) is 4.38. The van der Waals surface area contributed by atoms with Gasteiger partial charge in [-0.3, -0.25) is 4.99 Å². The molecule has 2 aliphatic rings. The molecule has 2 heterocycles. The molecule has 1 saturated heterocycles. The van der Waals surface area contributed by atoms with Crippen LogP contribution in [0.2, 0.25) is 0 Å². The summed E-state index contributed by atoms with van der Waals surface area (Å²) in [6, 6.07) is 6.26. The van der Waals surface area contributed by atoms with Crippen LogP contribution in [-0.2, 0) is 0 Å². The number of aliphatic imine (C=N–C) groups is 1. The van der Waals surface area contributed by atoms with E-state index >= 15 is 0 Å². The molecule has 0 radical (unpaired) electrons. The zero-order chi connectivity index (χ0) is 14.8. The van der Waals surface area contributed by atoms with E-state index in [1.807, 2.05) is 14.1 Å². The first-order valence-corrected chi connectivity index (χ1v) is 7.54. The number of piperidine rings is 1. The van der Waals surface area contributed by atoms with E-state index in [1.54, 1.807) is 0 Å². The molecule has 21 heavy (non-hydrogen) atoms. The molecule has 3 rings (SSSR count). The Morgan fingerprint density at radius 1 is 1.43 bits per heavy atom. The molecule has 0 aliphatic carbocycles. The highest BCUT2D eigenvalue weighted by Gasteiger charge is 2.26. The lowest BCUT2D eigenvalue weighted by Crippen LogP contribution is -2.39. The van der Waals surface area contributed by atoms with Crippen molar-refractivity contribution in [2.24, 2.45) is 4.99 Å². The molecular formula is C16H23N3O2. The van der Waals surface area contributed by atoms with Gasteiger partial charge in [-0.05, 0) is 30.7 Å². The number of nitrogens with one attached hydrogen (secondary N) is 1. The summed E-state index contributed by atoms with van der Waals surface area (Å²) in [5, 5.41) is 13.4. The zero-order valence-corrected chi connectivity index (χ0v) is 12.7. The molecule has 1 fully saturated rings. The third kappa shape index (κ3) is 2.76. The van der Waals surface area contributed by atoms with Crippen molar-refractivity contribution in [3.63, 3.8) is 0 Å². The lowest BCUT2D eigenvalue weighted by Gasteiger charge is -2.29. The molecule has 0 bridgehead atoms. The molecule has 1 aromatic carbocycles. The van der Waals surface area contributed by atoms with Gasteiger partial charge in [-0.2, -0.15) is 0 Å². The molecule has 0 saturated carbocycles. The third-order valence-corrected chi connectivity index (χ3v) is 4.38. The average molecular weight is 289 g/mol. The lowest BCUT2D eigenvalue weighted by atomic mass is 9.87. The summed E-state index contributed by atoms with van der Waals surface area (Å²) < 4.78 is 5.90. The number of aliphatic hydroxyl groups is 1. The largest absolute Gasteiger partial charge is 0.491 e. The first-order chi connectivity index (χ1) is 10.2. The van der Waals surface area contributed by atoms with Crippen molar-refractivity contribution in [1.29, 1.82) is 0 Å². The molecular weight excluding hydrogens is 266 g/mol. The maximum atomic E-state index is 10.2. The molecule has 2 aliphatic heterocycles. The smallest absolute Gasteiger partial charge is 0.134 e. The molecule has 5 heteroatoms. The van der Waals surface area contributed by atoms with Crippen LogP contribution in [0.4, 0.5) is 0 Å². The Bertz CT molecular complexity index is 544. The summed E-state index contributed by atoms with van der Waals surface area (Å²) >= 11 is 0. The zero-order valence-electron chi connectivity index (χ0n) is 12.7. The topological polar surface area (TPSA) is 57.1 Å². The Kier molecular flexibility index (Phi) is 4.12. The van der Waals surface area contributed by atoms with Gasteiger partial charge in [0.15, 0.2) is 0 Å². The first-order valence-electron chi connectivity index (χ1n) is 7.54. The van der Waals surface area contributed by atoms with Crippen molar-refractivity contribution in [3.8, 4) is 5.75 Å². The molecule has 0 aromatic heterocycles. The molecule has 114 valence electrons. The summed E-state index contributed by atoms with van der Waals surface area (Å²) in [4.78, 5) is 6.51. The predicted octanol–water partition coefficient (Wildman–Crippen LogP) is 0.825. The highest BCUT2D eigenvalue weighted by Crippen LogP contribution is 2.31. The molecule has 2 atom stereocenters. The predicted molar refractivity (Wildman–Crippen MR) is 83.3 cm³/mol. The van der Waals surface area contributed by atoms with Crippen LogP contribution >= 0.6 is 0 Å². The van der Waals surface area contributed by atoms with Gasteiger partial charge in [-0.25, -0.2) is 0 Å². The van der Waals surface area contributed by atoms with Crippen LogP contribution in [0.15, 0.2) is 23.2 Å².